The number of rotatable bonds is 4. The number of nitrogen functional groups attached to an aromatic ring is 1. The number of nitrogens with two attached hydrogens (primary N) is 1. The highest BCUT2D eigenvalue weighted by Crippen LogP contribution is 2.13. The Hall–Kier alpha value is -1.81. The summed E-state index contributed by atoms with van der Waals surface area (Å²) in [5, 5.41) is 0. The molecule has 0 bridgehead atoms. The minimum Gasteiger partial charge on any atom is -0.399 e. The van der Waals surface area contributed by atoms with Crippen LogP contribution in [-0.2, 0) is 6.42 Å². The van der Waals surface area contributed by atoms with E-state index >= 15 is 0 Å². The van der Waals surface area contributed by atoms with Gasteiger partial charge in [-0.15, -0.1) is 0 Å². The number of nitrogens with zero attached hydrogens (tertiary/aromatic N) is 1. The number of benzene rings is 2. The van der Waals surface area contributed by atoms with Gasteiger partial charge < -0.3 is 10.6 Å². The van der Waals surface area contributed by atoms with Gasteiger partial charge in [0.15, 0.2) is 0 Å². The predicted molar refractivity (Wildman–Crippen MR) is 85.7 cm³/mol. The third-order valence-electron chi connectivity index (χ3n) is 3.13. The lowest BCUT2D eigenvalue weighted by Gasteiger charge is -2.17. The maximum Gasteiger partial charge on any atom is 0.253 e. The molecule has 104 valence electrons. The molecule has 0 aromatic heterocycles. The Labute approximate surface area is 127 Å². The first-order valence-electron chi connectivity index (χ1n) is 6.42. The number of hydrogen-bond donors (Lipinski definition) is 1. The fraction of sp³-hybridized carbons (Fsp3) is 0.188. The molecule has 0 aliphatic heterocycles. The van der Waals surface area contributed by atoms with Gasteiger partial charge in [0.2, 0.25) is 0 Å². The molecule has 2 aromatic carbocycles. The Morgan fingerprint density at radius 3 is 2.55 bits per heavy atom. The Balaban J connectivity index is 1.96. The van der Waals surface area contributed by atoms with Crippen LogP contribution in [0, 0.1) is 0 Å². The van der Waals surface area contributed by atoms with E-state index in [-0.39, 0.29) is 5.91 Å². The third kappa shape index (κ3) is 3.84. The third-order valence-corrected chi connectivity index (χ3v) is 3.62. The zero-order chi connectivity index (χ0) is 14.5. The van der Waals surface area contributed by atoms with Crippen molar-refractivity contribution in [2.75, 3.05) is 19.3 Å². The van der Waals surface area contributed by atoms with Crippen LogP contribution in [0.15, 0.2) is 53.0 Å². The number of carbonyl (C=O) groups is 1. The lowest BCUT2D eigenvalue weighted by Crippen LogP contribution is -2.28. The molecular formula is C16H17BrN2O. The summed E-state index contributed by atoms with van der Waals surface area (Å²) >= 11 is 3.45. The van der Waals surface area contributed by atoms with E-state index in [9.17, 15) is 4.79 Å². The molecule has 0 fully saturated rings. The number of halogens is 1. The van der Waals surface area contributed by atoms with Crippen LogP contribution in [0.1, 0.15) is 15.9 Å². The van der Waals surface area contributed by atoms with Crippen molar-refractivity contribution >= 4 is 27.5 Å². The highest BCUT2D eigenvalue weighted by Gasteiger charge is 2.11. The molecule has 2 N–H and O–H groups in total. The molecule has 0 heterocycles. The molecule has 1 amide bonds. The van der Waals surface area contributed by atoms with Crippen molar-refractivity contribution < 1.29 is 4.79 Å². The number of likely N-dealkylation sites (N-methyl/N-ethyl adjacent to an activating group) is 1. The van der Waals surface area contributed by atoms with Gasteiger partial charge in [0.1, 0.15) is 0 Å². The minimum atomic E-state index is 0.0139. The first-order chi connectivity index (χ1) is 9.56. The van der Waals surface area contributed by atoms with E-state index in [4.69, 9.17) is 5.73 Å². The van der Waals surface area contributed by atoms with Crippen molar-refractivity contribution in [2.45, 2.75) is 6.42 Å². The van der Waals surface area contributed by atoms with Gasteiger partial charge in [0.05, 0.1) is 0 Å². The topological polar surface area (TPSA) is 46.3 Å². The fourth-order valence-corrected chi connectivity index (χ4v) is 2.38. The zero-order valence-electron chi connectivity index (χ0n) is 11.3. The van der Waals surface area contributed by atoms with Crippen molar-refractivity contribution in [1.82, 2.24) is 4.90 Å². The number of amides is 1. The maximum absolute atomic E-state index is 12.2. The van der Waals surface area contributed by atoms with Crippen LogP contribution in [0.2, 0.25) is 0 Å². The molecular weight excluding hydrogens is 316 g/mol. The first-order valence-corrected chi connectivity index (χ1v) is 7.21. The lowest BCUT2D eigenvalue weighted by atomic mass is 10.1. The Morgan fingerprint density at radius 2 is 1.90 bits per heavy atom. The molecule has 0 saturated heterocycles. The smallest absolute Gasteiger partial charge is 0.253 e. The molecule has 4 heteroatoms. The Kier molecular flexibility index (Phi) is 4.79. The van der Waals surface area contributed by atoms with Gasteiger partial charge in [-0.05, 0) is 48.4 Å². The molecule has 0 saturated carbocycles. The molecule has 0 radical (unpaired) electrons. The van der Waals surface area contributed by atoms with Crippen LogP contribution in [0.3, 0.4) is 0 Å². The minimum absolute atomic E-state index is 0.0139. The largest absolute Gasteiger partial charge is 0.399 e. The van der Waals surface area contributed by atoms with E-state index < -0.39 is 0 Å². The molecule has 20 heavy (non-hydrogen) atoms. The van der Waals surface area contributed by atoms with Gasteiger partial charge >= 0.3 is 0 Å². The highest BCUT2D eigenvalue weighted by atomic mass is 79.9. The summed E-state index contributed by atoms with van der Waals surface area (Å²) in [6, 6.07) is 15.1. The monoisotopic (exact) mass is 332 g/mol. The second kappa shape index (κ2) is 6.57. The van der Waals surface area contributed by atoms with Crippen molar-refractivity contribution in [1.29, 1.82) is 0 Å². The van der Waals surface area contributed by atoms with E-state index in [1.54, 1.807) is 29.2 Å². The standard InChI is InChI=1S/C16H17BrN2O/c1-19(10-9-12-3-2-4-14(17)11-12)16(20)13-5-7-15(18)8-6-13/h2-8,11H,9-10,18H2,1H3. The summed E-state index contributed by atoms with van der Waals surface area (Å²) in [5.74, 6) is 0.0139. The van der Waals surface area contributed by atoms with Gasteiger partial charge in [0, 0.05) is 29.3 Å². The summed E-state index contributed by atoms with van der Waals surface area (Å²) in [6.07, 6.45) is 0.830. The van der Waals surface area contributed by atoms with Crippen LogP contribution in [0.25, 0.3) is 0 Å². The van der Waals surface area contributed by atoms with Crippen molar-refractivity contribution in [2.24, 2.45) is 0 Å². The molecule has 0 atom stereocenters. The number of carbonyl (C=O) groups excluding carboxylic acids is 1. The average molecular weight is 333 g/mol. The van der Waals surface area contributed by atoms with Gasteiger partial charge in [-0.1, -0.05) is 28.1 Å². The molecule has 2 aromatic rings. The van der Waals surface area contributed by atoms with Crippen molar-refractivity contribution in [3.63, 3.8) is 0 Å². The van der Waals surface area contributed by atoms with Crippen LogP contribution in [0.4, 0.5) is 5.69 Å². The number of hydrogen-bond acceptors (Lipinski definition) is 2. The summed E-state index contributed by atoms with van der Waals surface area (Å²) in [4.78, 5) is 13.9. The zero-order valence-corrected chi connectivity index (χ0v) is 12.9. The van der Waals surface area contributed by atoms with Gasteiger partial charge in [-0.25, -0.2) is 0 Å². The van der Waals surface area contributed by atoms with Crippen molar-refractivity contribution in [3.8, 4) is 0 Å². The van der Waals surface area contributed by atoms with E-state index in [1.807, 2.05) is 19.2 Å². The Morgan fingerprint density at radius 1 is 1.20 bits per heavy atom. The second-order valence-electron chi connectivity index (χ2n) is 4.73. The maximum atomic E-state index is 12.2. The molecule has 0 unspecified atom stereocenters. The van der Waals surface area contributed by atoms with E-state index in [2.05, 4.69) is 28.1 Å². The first kappa shape index (κ1) is 14.6. The molecule has 0 aliphatic rings. The lowest BCUT2D eigenvalue weighted by molar-refractivity contribution is 0.0796. The highest BCUT2D eigenvalue weighted by molar-refractivity contribution is 9.10. The van der Waals surface area contributed by atoms with Crippen LogP contribution >= 0.6 is 15.9 Å². The van der Waals surface area contributed by atoms with Crippen LogP contribution in [0.5, 0.6) is 0 Å². The quantitative estimate of drug-likeness (QED) is 0.873. The van der Waals surface area contributed by atoms with Crippen molar-refractivity contribution in [3.05, 3.63) is 64.1 Å². The number of anilines is 1. The summed E-state index contributed by atoms with van der Waals surface area (Å²) < 4.78 is 1.06. The summed E-state index contributed by atoms with van der Waals surface area (Å²) in [5.41, 5.74) is 8.16. The van der Waals surface area contributed by atoms with E-state index in [0.717, 1.165) is 10.9 Å². The molecule has 3 nitrogen and oxygen atoms in total. The molecule has 2 rings (SSSR count). The molecule has 0 spiro atoms. The predicted octanol–water partition coefficient (Wildman–Crippen LogP) is 3.35. The van der Waals surface area contributed by atoms with Crippen LogP contribution in [-0.4, -0.2) is 24.4 Å². The van der Waals surface area contributed by atoms with Gasteiger partial charge in [-0.3, -0.25) is 4.79 Å². The Bertz CT molecular complexity index is 596. The SMILES string of the molecule is CN(CCc1cccc(Br)c1)C(=O)c1ccc(N)cc1. The second-order valence-corrected chi connectivity index (χ2v) is 5.64. The van der Waals surface area contributed by atoms with E-state index in [0.29, 0.717) is 17.8 Å². The molecule has 0 aliphatic carbocycles. The van der Waals surface area contributed by atoms with Gasteiger partial charge in [0.25, 0.3) is 5.91 Å². The summed E-state index contributed by atoms with van der Waals surface area (Å²) in [6.45, 7) is 0.680. The normalized spacial score (nSPS) is 10.3. The fourth-order valence-electron chi connectivity index (χ4n) is 1.94. The van der Waals surface area contributed by atoms with E-state index in [1.165, 1.54) is 5.56 Å². The average Bonchev–Trinajstić information content (AvgIpc) is 2.45. The van der Waals surface area contributed by atoms with Crippen LogP contribution < -0.4 is 5.73 Å². The van der Waals surface area contributed by atoms with Gasteiger partial charge in [-0.2, -0.15) is 0 Å². The summed E-state index contributed by atoms with van der Waals surface area (Å²) in [7, 11) is 1.82.